The van der Waals surface area contributed by atoms with Crippen LogP contribution in [0, 0.1) is 0 Å². The Kier molecular flexibility index (Phi) is 5.44. The lowest BCUT2D eigenvalue weighted by Crippen LogP contribution is -2.59. The molecule has 4 nitrogen and oxygen atoms in total. The van der Waals surface area contributed by atoms with Crippen molar-refractivity contribution >= 4 is 17.3 Å². The van der Waals surface area contributed by atoms with Gasteiger partial charge in [-0.1, -0.05) is 25.1 Å². The van der Waals surface area contributed by atoms with Crippen LogP contribution in [0.1, 0.15) is 18.9 Å². The molecule has 1 atom stereocenters. The minimum Gasteiger partial charge on any atom is -0.497 e. The second-order valence-electron chi connectivity index (χ2n) is 5.26. The van der Waals surface area contributed by atoms with Crippen LogP contribution < -0.4 is 15.8 Å². The highest BCUT2D eigenvalue weighted by atomic mass is 32.1. The Bertz CT molecular complexity index is 585. The van der Waals surface area contributed by atoms with E-state index in [1.807, 2.05) is 24.3 Å². The molecule has 2 rings (SSSR count). The standard InChI is InChI=1S/C17H23N3OS/c1-3-17(19-16(18)22)10-4-5-11-20(17)12-9-14-7-6-8-15(13-14)21-2/h4-8,10-11,13H,3,9,12H2,1-2H3,(H3,18,19,22). The van der Waals surface area contributed by atoms with Crippen molar-refractivity contribution in [3.8, 4) is 5.75 Å². The molecule has 0 saturated carbocycles. The van der Waals surface area contributed by atoms with Gasteiger partial charge in [0.2, 0.25) is 0 Å². The molecule has 1 aliphatic heterocycles. The van der Waals surface area contributed by atoms with E-state index < -0.39 is 0 Å². The summed E-state index contributed by atoms with van der Waals surface area (Å²) >= 11 is 5.04. The van der Waals surface area contributed by atoms with E-state index in [9.17, 15) is 0 Å². The Hall–Kier alpha value is -2.01. The molecule has 1 unspecified atom stereocenters. The third-order valence-corrected chi connectivity index (χ3v) is 4.02. The molecular weight excluding hydrogens is 294 g/mol. The molecule has 0 fully saturated rings. The van der Waals surface area contributed by atoms with E-state index in [1.165, 1.54) is 5.56 Å². The lowest BCUT2D eigenvalue weighted by atomic mass is 10.0. The molecule has 118 valence electrons. The Labute approximate surface area is 137 Å². The summed E-state index contributed by atoms with van der Waals surface area (Å²) in [5, 5.41) is 3.54. The predicted molar refractivity (Wildman–Crippen MR) is 94.6 cm³/mol. The summed E-state index contributed by atoms with van der Waals surface area (Å²) in [6, 6.07) is 8.15. The molecule has 22 heavy (non-hydrogen) atoms. The van der Waals surface area contributed by atoms with Crippen molar-refractivity contribution < 1.29 is 4.74 Å². The number of ether oxygens (including phenoxy) is 1. The molecule has 0 amide bonds. The van der Waals surface area contributed by atoms with E-state index in [0.29, 0.717) is 5.11 Å². The van der Waals surface area contributed by atoms with Gasteiger partial charge in [0.15, 0.2) is 5.11 Å². The zero-order valence-electron chi connectivity index (χ0n) is 13.1. The third kappa shape index (κ3) is 3.80. The second kappa shape index (κ2) is 7.31. The number of nitrogens with one attached hydrogen (secondary N) is 1. The molecule has 5 heteroatoms. The van der Waals surface area contributed by atoms with E-state index in [1.54, 1.807) is 7.11 Å². The van der Waals surface area contributed by atoms with Gasteiger partial charge in [-0.25, -0.2) is 0 Å². The molecule has 1 aromatic rings. The first-order chi connectivity index (χ1) is 10.6. The Morgan fingerprint density at radius 1 is 1.41 bits per heavy atom. The Morgan fingerprint density at radius 2 is 2.23 bits per heavy atom. The summed E-state index contributed by atoms with van der Waals surface area (Å²) in [6.07, 6.45) is 10.0. The maximum absolute atomic E-state index is 5.71. The number of allylic oxidation sites excluding steroid dienone is 2. The molecule has 1 aromatic carbocycles. The molecule has 0 saturated heterocycles. The first-order valence-corrected chi connectivity index (χ1v) is 7.84. The first kappa shape index (κ1) is 16.4. The number of thiocarbonyl (C=S) groups is 1. The van der Waals surface area contributed by atoms with Crippen molar-refractivity contribution in [3.63, 3.8) is 0 Å². The van der Waals surface area contributed by atoms with Gasteiger partial charge >= 0.3 is 0 Å². The number of rotatable bonds is 6. The van der Waals surface area contributed by atoms with Gasteiger partial charge in [-0.3, -0.25) is 0 Å². The zero-order valence-corrected chi connectivity index (χ0v) is 13.9. The monoisotopic (exact) mass is 317 g/mol. The van der Waals surface area contributed by atoms with Crippen LogP contribution in [0.15, 0.2) is 48.7 Å². The van der Waals surface area contributed by atoms with Gasteiger partial charge in [0, 0.05) is 12.7 Å². The van der Waals surface area contributed by atoms with Crippen LogP contribution in [-0.2, 0) is 6.42 Å². The molecule has 0 aromatic heterocycles. The fourth-order valence-electron chi connectivity index (χ4n) is 2.68. The van der Waals surface area contributed by atoms with Gasteiger partial charge in [0.25, 0.3) is 0 Å². The number of benzene rings is 1. The third-order valence-electron chi connectivity index (χ3n) is 3.92. The van der Waals surface area contributed by atoms with Crippen LogP contribution in [0.5, 0.6) is 5.75 Å². The largest absolute Gasteiger partial charge is 0.497 e. The van der Waals surface area contributed by atoms with Gasteiger partial charge in [0.1, 0.15) is 11.4 Å². The topological polar surface area (TPSA) is 50.5 Å². The van der Waals surface area contributed by atoms with Crippen LogP contribution >= 0.6 is 12.2 Å². The van der Waals surface area contributed by atoms with Crippen molar-refractivity contribution in [1.29, 1.82) is 0 Å². The quantitative estimate of drug-likeness (QED) is 0.790. The molecule has 1 aliphatic rings. The van der Waals surface area contributed by atoms with Gasteiger partial charge in [-0.15, -0.1) is 0 Å². The lowest BCUT2D eigenvalue weighted by Gasteiger charge is -2.43. The summed E-state index contributed by atoms with van der Waals surface area (Å²) in [4.78, 5) is 2.24. The fourth-order valence-corrected chi connectivity index (χ4v) is 2.86. The molecule has 0 bridgehead atoms. The number of methoxy groups -OCH3 is 1. The van der Waals surface area contributed by atoms with Crippen LogP contribution in [0.3, 0.4) is 0 Å². The van der Waals surface area contributed by atoms with Crippen molar-refractivity contribution in [2.24, 2.45) is 5.73 Å². The summed E-state index contributed by atoms with van der Waals surface area (Å²) in [5.74, 6) is 0.884. The molecule has 0 spiro atoms. The van der Waals surface area contributed by atoms with Crippen LogP contribution in [0.25, 0.3) is 0 Å². The summed E-state index contributed by atoms with van der Waals surface area (Å²) in [5.41, 5.74) is 6.60. The van der Waals surface area contributed by atoms with Crippen molar-refractivity contribution in [3.05, 3.63) is 54.3 Å². The summed E-state index contributed by atoms with van der Waals surface area (Å²) in [7, 11) is 1.69. The van der Waals surface area contributed by atoms with Crippen molar-refractivity contribution in [1.82, 2.24) is 10.2 Å². The van der Waals surface area contributed by atoms with E-state index >= 15 is 0 Å². The predicted octanol–water partition coefficient (Wildman–Crippen LogP) is 2.56. The van der Waals surface area contributed by atoms with Crippen molar-refractivity contribution in [2.45, 2.75) is 25.4 Å². The van der Waals surface area contributed by atoms with Gasteiger partial charge < -0.3 is 20.7 Å². The summed E-state index contributed by atoms with van der Waals surface area (Å²) < 4.78 is 5.28. The summed E-state index contributed by atoms with van der Waals surface area (Å²) in [6.45, 7) is 2.98. The lowest BCUT2D eigenvalue weighted by molar-refractivity contribution is 0.171. The number of hydrogen-bond acceptors (Lipinski definition) is 3. The Morgan fingerprint density at radius 3 is 2.91 bits per heavy atom. The maximum atomic E-state index is 5.71. The van der Waals surface area contributed by atoms with E-state index in [4.69, 9.17) is 22.7 Å². The minimum absolute atomic E-state index is 0.313. The maximum Gasteiger partial charge on any atom is 0.165 e. The normalized spacial score (nSPS) is 20.0. The highest BCUT2D eigenvalue weighted by Crippen LogP contribution is 2.23. The smallest absolute Gasteiger partial charge is 0.165 e. The van der Waals surface area contributed by atoms with Crippen LogP contribution in [0.2, 0.25) is 0 Å². The highest BCUT2D eigenvalue weighted by molar-refractivity contribution is 7.80. The van der Waals surface area contributed by atoms with Crippen LogP contribution in [0.4, 0.5) is 0 Å². The number of nitrogens with two attached hydrogens (primary N) is 1. The zero-order chi connectivity index (χ0) is 16.0. The number of hydrogen-bond donors (Lipinski definition) is 2. The first-order valence-electron chi connectivity index (χ1n) is 7.43. The van der Waals surface area contributed by atoms with E-state index in [0.717, 1.165) is 25.1 Å². The van der Waals surface area contributed by atoms with Crippen LogP contribution in [-0.4, -0.2) is 29.3 Å². The van der Waals surface area contributed by atoms with E-state index in [-0.39, 0.29) is 5.66 Å². The van der Waals surface area contributed by atoms with Gasteiger partial charge in [-0.2, -0.15) is 0 Å². The SMILES string of the molecule is CCC1(NC(N)=S)C=CC=CN1CCc1cccc(OC)c1. The second-order valence-corrected chi connectivity index (χ2v) is 5.70. The molecule has 0 radical (unpaired) electrons. The molecule has 1 heterocycles. The fraction of sp³-hybridized carbons (Fsp3) is 0.353. The Balaban J connectivity index is 2.10. The van der Waals surface area contributed by atoms with Gasteiger partial charge in [0.05, 0.1) is 7.11 Å². The minimum atomic E-state index is -0.348. The highest BCUT2D eigenvalue weighted by Gasteiger charge is 2.31. The van der Waals surface area contributed by atoms with Gasteiger partial charge in [-0.05, 0) is 54.9 Å². The molecule has 3 N–H and O–H groups in total. The molecular formula is C17H23N3OS. The average Bonchev–Trinajstić information content (AvgIpc) is 2.53. The number of nitrogens with zero attached hydrogens (tertiary/aromatic N) is 1. The van der Waals surface area contributed by atoms with Crippen molar-refractivity contribution in [2.75, 3.05) is 13.7 Å². The van der Waals surface area contributed by atoms with E-state index in [2.05, 4.69) is 41.5 Å². The average molecular weight is 317 g/mol. The molecule has 0 aliphatic carbocycles.